The van der Waals surface area contributed by atoms with Crippen molar-refractivity contribution >= 4 is 22.9 Å². The summed E-state index contributed by atoms with van der Waals surface area (Å²) >= 11 is 1.41. The van der Waals surface area contributed by atoms with Gasteiger partial charge in [-0.15, -0.1) is 11.3 Å². The average Bonchev–Trinajstić information content (AvgIpc) is 3.52. The Hall–Kier alpha value is -3.85. The zero-order chi connectivity index (χ0) is 22.5. The van der Waals surface area contributed by atoms with E-state index in [0.29, 0.717) is 35.1 Å². The minimum Gasteiger partial charge on any atom is -0.339 e. The topological polar surface area (TPSA) is 102 Å². The van der Waals surface area contributed by atoms with Crippen LogP contribution in [0.2, 0.25) is 0 Å². The second-order valence-electron chi connectivity index (χ2n) is 7.13. The molecule has 0 bridgehead atoms. The molecule has 0 radical (unpaired) electrons. The zero-order valence-electron chi connectivity index (χ0n) is 17.2. The van der Waals surface area contributed by atoms with E-state index in [1.54, 1.807) is 17.0 Å². The van der Waals surface area contributed by atoms with Gasteiger partial charge in [0.1, 0.15) is 0 Å². The summed E-state index contributed by atoms with van der Waals surface area (Å²) in [5.41, 5.74) is 1.65. The van der Waals surface area contributed by atoms with Gasteiger partial charge >= 0.3 is 0 Å². The number of carbonyl (C=O) groups is 1. The first-order valence-corrected chi connectivity index (χ1v) is 10.9. The number of carbonyl (C=O) groups excluding carboxylic acids is 1. The van der Waals surface area contributed by atoms with Crippen molar-refractivity contribution in [2.75, 3.05) is 6.54 Å². The lowest BCUT2D eigenvalue weighted by Crippen LogP contribution is -2.35. The number of thiophene rings is 1. The Morgan fingerprint density at radius 3 is 2.53 bits per heavy atom. The van der Waals surface area contributed by atoms with Crippen LogP contribution in [0.4, 0.5) is 5.69 Å². The van der Waals surface area contributed by atoms with E-state index >= 15 is 0 Å². The maximum Gasteiger partial charge on any atom is 0.269 e. The number of nitro benzene ring substituents is 1. The number of aromatic nitrogens is 2. The molecule has 32 heavy (non-hydrogen) atoms. The third kappa shape index (κ3) is 4.73. The maximum absolute atomic E-state index is 13.2. The van der Waals surface area contributed by atoms with Crippen LogP contribution in [0.1, 0.15) is 34.1 Å². The van der Waals surface area contributed by atoms with Crippen LogP contribution in [0.3, 0.4) is 0 Å². The summed E-state index contributed by atoms with van der Waals surface area (Å²) in [6.45, 7) is 2.39. The fourth-order valence-electron chi connectivity index (χ4n) is 3.35. The highest BCUT2D eigenvalue weighted by atomic mass is 32.1. The van der Waals surface area contributed by atoms with Gasteiger partial charge < -0.3 is 9.42 Å². The monoisotopic (exact) mass is 448 g/mol. The highest BCUT2D eigenvalue weighted by Crippen LogP contribution is 2.25. The van der Waals surface area contributed by atoms with Crippen LogP contribution in [-0.4, -0.2) is 32.4 Å². The van der Waals surface area contributed by atoms with Crippen molar-refractivity contribution in [3.8, 4) is 11.4 Å². The fourth-order valence-corrected chi connectivity index (χ4v) is 4.03. The molecule has 0 saturated carbocycles. The first kappa shape index (κ1) is 21.4. The molecular formula is C23H20N4O4S. The Bertz CT molecular complexity index is 1190. The lowest BCUT2D eigenvalue weighted by Gasteiger charge is -2.29. The van der Waals surface area contributed by atoms with Crippen molar-refractivity contribution in [1.29, 1.82) is 0 Å². The summed E-state index contributed by atoms with van der Waals surface area (Å²) in [6, 6.07) is 19.3. The second kappa shape index (κ2) is 9.52. The number of amides is 1. The smallest absolute Gasteiger partial charge is 0.269 e. The highest BCUT2D eigenvalue weighted by Gasteiger charge is 2.24. The van der Waals surface area contributed by atoms with Crippen LogP contribution in [-0.2, 0) is 6.42 Å². The SMILES string of the molecule is CC(c1ccccc1)N(CCc1nc(-c2ccc([N+](=O)[O-])cc2)no1)C(=O)c1cccs1. The average molecular weight is 449 g/mol. The molecule has 2 aromatic carbocycles. The minimum absolute atomic E-state index is 0.00454. The first-order valence-electron chi connectivity index (χ1n) is 10.00. The van der Waals surface area contributed by atoms with Crippen LogP contribution in [0.25, 0.3) is 11.4 Å². The molecule has 9 heteroatoms. The molecule has 8 nitrogen and oxygen atoms in total. The molecule has 1 unspecified atom stereocenters. The van der Waals surface area contributed by atoms with E-state index < -0.39 is 4.92 Å². The molecule has 1 amide bonds. The van der Waals surface area contributed by atoms with Crippen LogP contribution >= 0.6 is 11.3 Å². The van der Waals surface area contributed by atoms with Crippen molar-refractivity contribution in [2.45, 2.75) is 19.4 Å². The van der Waals surface area contributed by atoms with Gasteiger partial charge in [-0.05, 0) is 36.1 Å². The Morgan fingerprint density at radius 2 is 1.88 bits per heavy atom. The van der Waals surface area contributed by atoms with Gasteiger partial charge in [-0.1, -0.05) is 41.6 Å². The number of non-ortho nitro benzene ring substituents is 1. The van der Waals surface area contributed by atoms with Crippen LogP contribution < -0.4 is 0 Å². The molecule has 4 rings (SSSR count). The summed E-state index contributed by atoms with van der Waals surface area (Å²) < 4.78 is 5.37. The summed E-state index contributed by atoms with van der Waals surface area (Å²) in [5.74, 6) is 0.691. The van der Waals surface area contributed by atoms with Gasteiger partial charge in [-0.25, -0.2) is 0 Å². The van der Waals surface area contributed by atoms with Gasteiger partial charge in [0.25, 0.3) is 11.6 Å². The Labute approximate surface area is 188 Å². The normalized spacial score (nSPS) is 11.8. The quantitative estimate of drug-likeness (QED) is 0.273. The van der Waals surface area contributed by atoms with Gasteiger partial charge in [0.2, 0.25) is 11.7 Å². The number of nitro groups is 1. The highest BCUT2D eigenvalue weighted by molar-refractivity contribution is 7.12. The van der Waals surface area contributed by atoms with E-state index in [1.165, 1.54) is 23.5 Å². The van der Waals surface area contributed by atoms with Gasteiger partial charge in [0.15, 0.2) is 0 Å². The minimum atomic E-state index is -0.460. The van der Waals surface area contributed by atoms with E-state index in [0.717, 1.165) is 5.56 Å². The Balaban J connectivity index is 1.51. The number of rotatable bonds is 8. The van der Waals surface area contributed by atoms with Crippen LogP contribution in [0.5, 0.6) is 0 Å². The molecule has 2 heterocycles. The van der Waals surface area contributed by atoms with Gasteiger partial charge in [-0.3, -0.25) is 14.9 Å². The number of hydrogen-bond donors (Lipinski definition) is 0. The predicted molar refractivity (Wildman–Crippen MR) is 120 cm³/mol. The van der Waals surface area contributed by atoms with E-state index in [-0.39, 0.29) is 17.6 Å². The summed E-state index contributed by atoms with van der Waals surface area (Å²) in [5, 5.41) is 16.7. The Morgan fingerprint density at radius 1 is 1.12 bits per heavy atom. The summed E-state index contributed by atoms with van der Waals surface area (Å²) in [6.07, 6.45) is 0.383. The number of benzene rings is 2. The molecule has 2 aromatic heterocycles. The Kier molecular flexibility index (Phi) is 6.37. The predicted octanol–water partition coefficient (Wildman–Crippen LogP) is 5.15. The molecule has 0 saturated heterocycles. The van der Waals surface area contributed by atoms with Crippen LogP contribution in [0.15, 0.2) is 76.6 Å². The maximum atomic E-state index is 13.2. The van der Waals surface area contributed by atoms with Crippen molar-refractivity contribution in [2.24, 2.45) is 0 Å². The molecular weight excluding hydrogens is 428 g/mol. The van der Waals surface area contributed by atoms with Crippen molar-refractivity contribution in [3.05, 3.63) is 98.6 Å². The van der Waals surface area contributed by atoms with Crippen molar-refractivity contribution < 1.29 is 14.2 Å². The van der Waals surface area contributed by atoms with Crippen molar-refractivity contribution in [3.63, 3.8) is 0 Å². The third-order valence-electron chi connectivity index (χ3n) is 5.11. The molecule has 0 aliphatic heterocycles. The lowest BCUT2D eigenvalue weighted by molar-refractivity contribution is -0.384. The third-order valence-corrected chi connectivity index (χ3v) is 5.97. The van der Waals surface area contributed by atoms with E-state index in [9.17, 15) is 14.9 Å². The zero-order valence-corrected chi connectivity index (χ0v) is 18.1. The molecule has 0 fully saturated rings. The van der Waals surface area contributed by atoms with Crippen molar-refractivity contribution in [1.82, 2.24) is 15.0 Å². The molecule has 0 N–H and O–H groups in total. The number of hydrogen-bond acceptors (Lipinski definition) is 7. The lowest BCUT2D eigenvalue weighted by atomic mass is 10.1. The standard InChI is InChI=1S/C23H20N4O4S/c1-16(17-6-3-2-4-7-17)26(23(28)20-8-5-15-32-20)14-13-21-24-22(25-31-21)18-9-11-19(12-10-18)27(29)30/h2-12,15-16H,13-14H2,1H3. The molecule has 162 valence electrons. The summed E-state index contributed by atoms with van der Waals surface area (Å²) in [7, 11) is 0. The first-order chi connectivity index (χ1) is 15.5. The largest absolute Gasteiger partial charge is 0.339 e. The second-order valence-corrected chi connectivity index (χ2v) is 8.08. The van der Waals surface area contributed by atoms with E-state index in [4.69, 9.17) is 4.52 Å². The van der Waals surface area contributed by atoms with E-state index in [1.807, 2.05) is 54.8 Å². The van der Waals surface area contributed by atoms with Gasteiger partial charge in [0, 0.05) is 30.7 Å². The molecule has 4 aromatic rings. The van der Waals surface area contributed by atoms with Crippen LogP contribution in [0, 0.1) is 10.1 Å². The molecule has 0 aliphatic carbocycles. The van der Waals surface area contributed by atoms with E-state index in [2.05, 4.69) is 10.1 Å². The molecule has 1 atom stereocenters. The summed E-state index contributed by atoms with van der Waals surface area (Å²) in [4.78, 5) is 30.4. The molecule has 0 aliphatic rings. The molecule has 0 spiro atoms. The van der Waals surface area contributed by atoms with Gasteiger partial charge in [0.05, 0.1) is 15.8 Å². The van der Waals surface area contributed by atoms with Gasteiger partial charge in [-0.2, -0.15) is 4.98 Å². The number of nitrogens with zero attached hydrogens (tertiary/aromatic N) is 4. The fraction of sp³-hybridized carbons (Fsp3) is 0.174.